The normalized spacial score (nSPS) is 10.1. The number of pyridine rings is 1. The molecule has 0 spiro atoms. The van der Waals surface area contributed by atoms with E-state index in [1.807, 2.05) is 0 Å². The summed E-state index contributed by atoms with van der Waals surface area (Å²) in [6.45, 7) is 0. The molecule has 92 valence electrons. The molecule has 0 fully saturated rings. The molecular formula is C12H9ClFN3O. The summed E-state index contributed by atoms with van der Waals surface area (Å²) in [6.07, 6.45) is 1.34. The molecule has 0 aliphatic carbocycles. The van der Waals surface area contributed by atoms with Crippen LogP contribution in [0.2, 0.25) is 5.15 Å². The van der Waals surface area contributed by atoms with Crippen molar-refractivity contribution in [2.24, 2.45) is 0 Å². The number of benzene rings is 1. The molecule has 18 heavy (non-hydrogen) atoms. The van der Waals surface area contributed by atoms with Crippen molar-refractivity contribution in [2.45, 2.75) is 0 Å². The number of hydrogen-bond acceptors (Lipinski definition) is 3. The van der Waals surface area contributed by atoms with E-state index in [1.54, 1.807) is 0 Å². The summed E-state index contributed by atoms with van der Waals surface area (Å²) in [5, 5.41) is 2.86. The number of nitrogens with zero attached hydrogens (tertiary/aromatic N) is 1. The van der Waals surface area contributed by atoms with Gasteiger partial charge < -0.3 is 11.1 Å². The standard InChI is InChI=1S/C12H9ClFN3O/c13-11-4-1-7(6-16-11)12(18)17-10-3-2-8(14)5-9(10)15/h1-6H,15H2,(H,17,18). The zero-order chi connectivity index (χ0) is 13.1. The fourth-order valence-electron chi connectivity index (χ4n) is 1.35. The lowest BCUT2D eigenvalue weighted by Gasteiger charge is -2.07. The van der Waals surface area contributed by atoms with Gasteiger partial charge in [0.1, 0.15) is 11.0 Å². The van der Waals surface area contributed by atoms with E-state index in [0.29, 0.717) is 16.4 Å². The van der Waals surface area contributed by atoms with E-state index in [1.165, 1.54) is 30.5 Å². The van der Waals surface area contributed by atoms with Gasteiger partial charge in [-0.3, -0.25) is 4.79 Å². The zero-order valence-corrected chi connectivity index (χ0v) is 9.91. The topological polar surface area (TPSA) is 68.0 Å². The minimum Gasteiger partial charge on any atom is -0.397 e. The quantitative estimate of drug-likeness (QED) is 0.648. The van der Waals surface area contributed by atoms with Crippen LogP contribution in [0.3, 0.4) is 0 Å². The van der Waals surface area contributed by atoms with Crippen LogP contribution in [0, 0.1) is 5.82 Å². The number of nitrogens with one attached hydrogen (secondary N) is 1. The van der Waals surface area contributed by atoms with Crippen molar-refractivity contribution in [3.8, 4) is 0 Å². The summed E-state index contributed by atoms with van der Waals surface area (Å²) in [6, 6.07) is 6.78. The minimum absolute atomic E-state index is 0.158. The van der Waals surface area contributed by atoms with Crippen LogP contribution in [0.5, 0.6) is 0 Å². The van der Waals surface area contributed by atoms with Crippen molar-refractivity contribution in [3.05, 3.63) is 53.1 Å². The van der Waals surface area contributed by atoms with Crippen molar-refractivity contribution < 1.29 is 9.18 Å². The number of nitrogen functional groups attached to an aromatic ring is 1. The van der Waals surface area contributed by atoms with Crippen LogP contribution in [0.25, 0.3) is 0 Å². The van der Waals surface area contributed by atoms with Gasteiger partial charge in [0.25, 0.3) is 5.91 Å². The summed E-state index contributed by atoms with van der Waals surface area (Å²) in [7, 11) is 0. The van der Waals surface area contributed by atoms with E-state index in [0.717, 1.165) is 6.07 Å². The maximum Gasteiger partial charge on any atom is 0.257 e. The van der Waals surface area contributed by atoms with Crippen LogP contribution >= 0.6 is 11.6 Å². The van der Waals surface area contributed by atoms with Crippen LogP contribution in [-0.4, -0.2) is 10.9 Å². The molecule has 6 heteroatoms. The molecule has 2 rings (SSSR count). The second kappa shape index (κ2) is 5.01. The molecule has 0 aliphatic heterocycles. The van der Waals surface area contributed by atoms with Gasteiger partial charge in [0.15, 0.2) is 0 Å². The molecule has 0 aliphatic rings. The highest BCUT2D eigenvalue weighted by atomic mass is 35.5. The average Bonchev–Trinajstić information content (AvgIpc) is 2.33. The molecule has 2 aromatic rings. The zero-order valence-electron chi connectivity index (χ0n) is 9.15. The Hall–Kier alpha value is -2.14. The maximum absolute atomic E-state index is 12.8. The first-order valence-corrected chi connectivity index (χ1v) is 5.42. The Labute approximate surface area is 108 Å². The largest absolute Gasteiger partial charge is 0.397 e. The summed E-state index contributed by atoms with van der Waals surface area (Å²) in [5.74, 6) is -0.851. The molecule has 1 aromatic carbocycles. The SMILES string of the molecule is Nc1cc(F)ccc1NC(=O)c1ccc(Cl)nc1. The first kappa shape index (κ1) is 12.3. The Morgan fingerprint density at radius 1 is 1.33 bits per heavy atom. The third-order valence-electron chi connectivity index (χ3n) is 2.25. The third kappa shape index (κ3) is 2.75. The van der Waals surface area contributed by atoms with Gasteiger partial charge >= 0.3 is 0 Å². The molecule has 0 saturated carbocycles. The van der Waals surface area contributed by atoms with Crippen molar-refractivity contribution in [1.82, 2.24) is 4.98 Å². The fraction of sp³-hybridized carbons (Fsp3) is 0. The fourth-order valence-corrected chi connectivity index (χ4v) is 1.46. The number of nitrogens with two attached hydrogens (primary N) is 1. The van der Waals surface area contributed by atoms with Crippen LogP contribution in [-0.2, 0) is 0 Å². The highest BCUT2D eigenvalue weighted by Crippen LogP contribution is 2.19. The molecule has 1 amide bonds. The third-order valence-corrected chi connectivity index (χ3v) is 2.47. The number of rotatable bonds is 2. The molecule has 1 heterocycles. The molecule has 1 aromatic heterocycles. The van der Waals surface area contributed by atoms with E-state index in [-0.39, 0.29) is 5.69 Å². The van der Waals surface area contributed by atoms with Crippen LogP contribution < -0.4 is 11.1 Å². The van der Waals surface area contributed by atoms with Crippen molar-refractivity contribution >= 4 is 28.9 Å². The van der Waals surface area contributed by atoms with Crippen LogP contribution in [0.4, 0.5) is 15.8 Å². The van der Waals surface area contributed by atoms with Crippen molar-refractivity contribution in [3.63, 3.8) is 0 Å². The van der Waals surface area contributed by atoms with Gasteiger partial charge in [-0.15, -0.1) is 0 Å². The Bertz CT molecular complexity index is 586. The monoisotopic (exact) mass is 265 g/mol. The van der Waals surface area contributed by atoms with E-state index in [9.17, 15) is 9.18 Å². The van der Waals surface area contributed by atoms with Crippen molar-refractivity contribution in [1.29, 1.82) is 0 Å². The van der Waals surface area contributed by atoms with Gasteiger partial charge in [-0.1, -0.05) is 11.6 Å². The minimum atomic E-state index is -0.460. The predicted octanol–water partition coefficient (Wildman–Crippen LogP) is 2.71. The Kier molecular flexibility index (Phi) is 3.43. The number of carbonyl (C=O) groups excluding carboxylic acids is 1. The van der Waals surface area contributed by atoms with E-state index in [2.05, 4.69) is 10.3 Å². The Balaban J connectivity index is 2.18. The number of carbonyl (C=O) groups is 1. The number of hydrogen-bond donors (Lipinski definition) is 2. The van der Waals surface area contributed by atoms with Crippen molar-refractivity contribution in [2.75, 3.05) is 11.1 Å². The number of anilines is 2. The summed E-state index contributed by atoms with van der Waals surface area (Å²) in [4.78, 5) is 15.6. The smallest absolute Gasteiger partial charge is 0.257 e. The summed E-state index contributed by atoms with van der Waals surface area (Å²) < 4.78 is 12.8. The van der Waals surface area contributed by atoms with E-state index < -0.39 is 11.7 Å². The summed E-state index contributed by atoms with van der Waals surface area (Å²) >= 11 is 5.61. The lowest BCUT2D eigenvalue weighted by atomic mass is 10.2. The van der Waals surface area contributed by atoms with Gasteiger partial charge in [0.2, 0.25) is 0 Å². The highest BCUT2D eigenvalue weighted by molar-refractivity contribution is 6.29. The molecule has 0 atom stereocenters. The van der Waals surface area contributed by atoms with Gasteiger partial charge in [-0.05, 0) is 30.3 Å². The lowest BCUT2D eigenvalue weighted by molar-refractivity contribution is 0.102. The second-order valence-corrected chi connectivity index (χ2v) is 3.94. The van der Waals surface area contributed by atoms with Gasteiger partial charge in [0.05, 0.1) is 16.9 Å². The molecule has 3 N–H and O–H groups in total. The van der Waals surface area contributed by atoms with E-state index >= 15 is 0 Å². The predicted molar refractivity (Wildman–Crippen MR) is 68.0 cm³/mol. The highest BCUT2D eigenvalue weighted by Gasteiger charge is 2.08. The molecule has 0 radical (unpaired) electrons. The summed E-state index contributed by atoms with van der Waals surface area (Å²) in [5.41, 5.74) is 6.42. The first-order valence-electron chi connectivity index (χ1n) is 5.04. The maximum atomic E-state index is 12.8. The Morgan fingerprint density at radius 2 is 2.11 bits per heavy atom. The average molecular weight is 266 g/mol. The lowest BCUT2D eigenvalue weighted by Crippen LogP contribution is -2.13. The second-order valence-electron chi connectivity index (χ2n) is 3.56. The Morgan fingerprint density at radius 3 is 2.72 bits per heavy atom. The molecule has 4 nitrogen and oxygen atoms in total. The number of halogens is 2. The van der Waals surface area contributed by atoms with Gasteiger partial charge in [0, 0.05) is 6.20 Å². The number of aromatic nitrogens is 1. The van der Waals surface area contributed by atoms with Gasteiger partial charge in [-0.25, -0.2) is 9.37 Å². The van der Waals surface area contributed by atoms with Crippen LogP contribution in [0.1, 0.15) is 10.4 Å². The van der Waals surface area contributed by atoms with Crippen LogP contribution in [0.15, 0.2) is 36.5 Å². The molecule has 0 unspecified atom stereocenters. The molecule has 0 bridgehead atoms. The van der Waals surface area contributed by atoms with Gasteiger partial charge in [-0.2, -0.15) is 0 Å². The first-order chi connectivity index (χ1) is 8.56. The van der Waals surface area contributed by atoms with E-state index in [4.69, 9.17) is 17.3 Å². The molecule has 0 saturated heterocycles. The number of amides is 1. The molecular weight excluding hydrogens is 257 g/mol.